The SMILES string of the molecule is CC(C)NC(=O)CCC(C(=O)O)c1ccccc1F. The summed E-state index contributed by atoms with van der Waals surface area (Å²) >= 11 is 0. The number of benzene rings is 1. The van der Waals surface area contributed by atoms with Gasteiger partial charge in [-0.1, -0.05) is 18.2 Å². The van der Waals surface area contributed by atoms with Gasteiger partial charge in [-0.25, -0.2) is 4.39 Å². The monoisotopic (exact) mass is 267 g/mol. The lowest BCUT2D eigenvalue weighted by Crippen LogP contribution is -2.30. The van der Waals surface area contributed by atoms with Gasteiger partial charge in [0.05, 0.1) is 5.92 Å². The molecule has 1 atom stereocenters. The van der Waals surface area contributed by atoms with Crippen molar-refractivity contribution in [1.29, 1.82) is 0 Å². The van der Waals surface area contributed by atoms with Crippen molar-refractivity contribution >= 4 is 11.9 Å². The number of aliphatic carboxylic acids is 1. The molecule has 0 aliphatic rings. The van der Waals surface area contributed by atoms with Crippen LogP contribution in [0.25, 0.3) is 0 Å². The fourth-order valence-electron chi connectivity index (χ4n) is 1.84. The Morgan fingerprint density at radius 3 is 2.47 bits per heavy atom. The van der Waals surface area contributed by atoms with E-state index < -0.39 is 17.7 Å². The summed E-state index contributed by atoms with van der Waals surface area (Å²) in [6.07, 6.45) is 0.137. The number of carboxylic acids is 1. The zero-order valence-corrected chi connectivity index (χ0v) is 11.0. The van der Waals surface area contributed by atoms with Crippen LogP contribution in [0.1, 0.15) is 38.2 Å². The third kappa shape index (κ3) is 4.69. The fourth-order valence-corrected chi connectivity index (χ4v) is 1.84. The van der Waals surface area contributed by atoms with Crippen molar-refractivity contribution in [3.63, 3.8) is 0 Å². The molecule has 0 heterocycles. The fraction of sp³-hybridized carbons (Fsp3) is 0.429. The van der Waals surface area contributed by atoms with Crippen LogP contribution in [0, 0.1) is 5.82 Å². The number of hydrogen-bond acceptors (Lipinski definition) is 2. The molecule has 1 amide bonds. The highest BCUT2D eigenvalue weighted by Crippen LogP contribution is 2.24. The molecule has 1 unspecified atom stereocenters. The Kier molecular flexibility index (Phi) is 5.48. The molecule has 4 nitrogen and oxygen atoms in total. The van der Waals surface area contributed by atoms with Gasteiger partial charge in [-0.15, -0.1) is 0 Å². The zero-order valence-electron chi connectivity index (χ0n) is 11.0. The van der Waals surface area contributed by atoms with Crippen molar-refractivity contribution in [3.8, 4) is 0 Å². The van der Waals surface area contributed by atoms with Gasteiger partial charge in [0.15, 0.2) is 0 Å². The molecule has 0 aliphatic carbocycles. The number of nitrogens with one attached hydrogen (secondary N) is 1. The molecule has 0 fully saturated rings. The van der Waals surface area contributed by atoms with Gasteiger partial charge in [-0.05, 0) is 26.3 Å². The first-order valence-electron chi connectivity index (χ1n) is 6.18. The summed E-state index contributed by atoms with van der Waals surface area (Å²) in [4.78, 5) is 22.7. The van der Waals surface area contributed by atoms with E-state index in [0.29, 0.717) is 0 Å². The highest BCUT2D eigenvalue weighted by Gasteiger charge is 2.23. The average Bonchev–Trinajstić information content (AvgIpc) is 2.30. The van der Waals surface area contributed by atoms with E-state index in [4.69, 9.17) is 5.11 Å². The standard InChI is InChI=1S/C14H18FNO3/c1-9(2)16-13(17)8-7-11(14(18)19)10-5-3-4-6-12(10)15/h3-6,9,11H,7-8H2,1-2H3,(H,16,17)(H,18,19). The van der Waals surface area contributed by atoms with Crippen molar-refractivity contribution < 1.29 is 19.1 Å². The summed E-state index contributed by atoms with van der Waals surface area (Å²) in [5.74, 6) is -2.90. The maximum Gasteiger partial charge on any atom is 0.311 e. The largest absolute Gasteiger partial charge is 0.481 e. The molecule has 0 radical (unpaired) electrons. The first-order valence-corrected chi connectivity index (χ1v) is 6.18. The van der Waals surface area contributed by atoms with E-state index in [1.807, 2.05) is 13.8 Å². The van der Waals surface area contributed by atoms with Crippen molar-refractivity contribution in [2.45, 2.75) is 38.6 Å². The van der Waals surface area contributed by atoms with E-state index in [-0.39, 0.29) is 30.4 Å². The van der Waals surface area contributed by atoms with Crippen molar-refractivity contribution in [1.82, 2.24) is 5.32 Å². The number of carboxylic acid groups (broad SMARTS) is 1. The van der Waals surface area contributed by atoms with E-state index in [0.717, 1.165) is 0 Å². The molecule has 0 bridgehead atoms. The van der Waals surface area contributed by atoms with Gasteiger partial charge < -0.3 is 10.4 Å². The van der Waals surface area contributed by atoms with Crippen molar-refractivity contribution in [2.24, 2.45) is 0 Å². The molecule has 0 saturated carbocycles. The first kappa shape index (κ1) is 15.1. The summed E-state index contributed by atoms with van der Waals surface area (Å²) in [5.41, 5.74) is 0.118. The second-order valence-electron chi connectivity index (χ2n) is 4.67. The molecule has 1 aromatic rings. The number of rotatable bonds is 6. The van der Waals surface area contributed by atoms with Crippen LogP contribution in [0.3, 0.4) is 0 Å². The third-order valence-corrected chi connectivity index (χ3v) is 2.69. The molecule has 19 heavy (non-hydrogen) atoms. The number of halogens is 1. The first-order chi connectivity index (χ1) is 8.91. The smallest absolute Gasteiger partial charge is 0.311 e. The quantitative estimate of drug-likeness (QED) is 0.831. The zero-order chi connectivity index (χ0) is 14.4. The van der Waals surface area contributed by atoms with E-state index in [2.05, 4.69) is 5.32 Å². The van der Waals surface area contributed by atoms with Crippen molar-refractivity contribution in [2.75, 3.05) is 0 Å². The highest BCUT2D eigenvalue weighted by atomic mass is 19.1. The maximum absolute atomic E-state index is 13.6. The van der Waals surface area contributed by atoms with Crippen LogP contribution >= 0.6 is 0 Å². The third-order valence-electron chi connectivity index (χ3n) is 2.69. The van der Waals surface area contributed by atoms with E-state index in [1.54, 1.807) is 6.07 Å². The second kappa shape index (κ2) is 6.87. The van der Waals surface area contributed by atoms with Crippen LogP contribution in [0.2, 0.25) is 0 Å². The average molecular weight is 267 g/mol. The van der Waals surface area contributed by atoms with E-state index >= 15 is 0 Å². The summed E-state index contributed by atoms with van der Waals surface area (Å²) in [6.45, 7) is 3.65. The second-order valence-corrected chi connectivity index (χ2v) is 4.67. The topological polar surface area (TPSA) is 66.4 Å². The molecular formula is C14H18FNO3. The summed E-state index contributed by atoms with van der Waals surface area (Å²) < 4.78 is 13.6. The van der Waals surface area contributed by atoms with Gasteiger partial charge in [-0.2, -0.15) is 0 Å². The Hall–Kier alpha value is -1.91. The van der Waals surface area contributed by atoms with Gasteiger partial charge in [-0.3, -0.25) is 9.59 Å². The normalized spacial score (nSPS) is 12.2. The molecule has 5 heteroatoms. The van der Waals surface area contributed by atoms with E-state index in [1.165, 1.54) is 18.2 Å². The molecule has 1 aromatic carbocycles. The van der Waals surface area contributed by atoms with Crippen LogP contribution in [-0.4, -0.2) is 23.0 Å². The van der Waals surface area contributed by atoms with Crippen molar-refractivity contribution in [3.05, 3.63) is 35.6 Å². The van der Waals surface area contributed by atoms with Gasteiger partial charge in [0.1, 0.15) is 5.82 Å². The van der Waals surface area contributed by atoms with Crippen LogP contribution in [0.4, 0.5) is 4.39 Å². The lowest BCUT2D eigenvalue weighted by atomic mass is 9.93. The molecule has 0 aliphatic heterocycles. The summed E-state index contributed by atoms with van der Waals surface area (Å²) in [6, 6.07) is 5.75. The molecule has 2 N–H and O–H groups in total. The summed E-state index contributed by atoms with van der Waals surface area (Å²) in [5, 5.41) is 11.8. The number of carbonyl (C=O) groups is 2. The lowest BCUT2D eigenvalue weighted by molar-refractivity contribution is -0.139. The molecular weight excluding hydrogens is 249 g/mol. The highest BCUT2D eigenvalue weighted by molar-refractivity contribution is 5.79. The van der Waals surface area contributed by atoms with Crippen LogP contribution in [0.15, 0.2) is 24.3 Å². The molecule has 0 aromatic heterocycles. The molecule has 104 valence electrons. The van der Waals surface area contributed by atoms with Gasteiger partial charge in [0, 0.05) is 18.0 Å². The Balaban J connectivity index is 2.73. The summed E-state index contributed by atoms with van der Waals surface area (Å²) in [7, 11) is 0. The van der Waals surface area contributed by atoms with Crippen LogP contribution in [-0.2, 0) is 9.59 Å². The Morgan fingerprint density at radius 2 is 1.95 bits per heavy atom. The predicted molar refractivity (Wildman–Crippen MR) is 69.3 cm³/mol. The number of carbonyl (C=O) groups excluding carboxylic acids is 1. The van der Waals surface area contributed by atoms with E-state index in [9.17, 15) is 14.0 Å². The minimum Gasteiger partial charge on any atom is -0.481 e. The molecule has 0 saturated heterocycles. The predicted octanol–water partition coefficient (Wildman–Crippen LogP) is 2.30. The minimum absolute atomic E-state index is 0.00393. The maximum atomic E-state index is 13.6. The van der Waals surface area contributed by atoms with Gasteiger partial charge in [0.2, 0.25) is 5.91 Å². The van der Waals surface area contributed by atoms with Gasteiger partial charge >= 0.3 is 5.97 Å². The molecule has 1 rings (SSSR count). The lowest BCUT2D eigenvalue weighted by Gasteiger charge is -2.14. The Bertz CT molecular complexity index is 460. The number of amides is 1. The Labute approximate surface area is 111 Å². The minimum atomic E-state index is -1.12. The number of hydrogen-bond donors (Lipinski definition) is 2. The molecule has 0 spiro atoms. The van der Waals surface area contributed by atoms with Crippen LogP contribution < -0.4 is 5.32 Å². The Morgan fingerprint density at radius 1 is 1.32 bits per heavy atom. The van der Waals surface area contributed by atoms with Crippen LogP contribution in [0.5, 0.6) is 0 Å². The van der Waals surface area contributed by atoms with Gasteiger partial charge in [0.25, 0.3) is 0 Å².